The Morgan fingerprint density at radius 2 is 1.93 bits per heavy atom. The van der Waals surface area contributed by atoms with Gasteiger partial charge < -0.3 is 0 Å². The van der Waals surface area contributed by atoms with Crippen molar-refractivity contribution in [3.05, 3.63) is 0 Å². The average molecular weight is 225 g/mol. The van der Waals surface area contributed by atoms with Gasteiger partial charge in [-0.3, -0.25) is 0 Å². The first-order chi connectivity index (χ1) is 6.41. The maximum absolute atomic E-state index is 12.1. The van der Waals surface area contributed by atoms with Crippen molar-refractivity contribution in [2.45, 2.75) is 26.4 Å². The molecule has 0 aromatic heterocycles. The third-order valence-electron chi connectivity index (χ3n) is 1.93. The van der Waals surface area contributed by atoms with Gasteiger partial charge in [0.05, 0.1) is 6.07 Å². The predicted octanol–water partition coefficient (Wildman–Crippen LogP) is 3.47. The second kappa shape index (κ2) is 6.18. The molecule has 0 aliphatic carbocycles. The summed E-state index contributed by atoms with van der Waals surface area (Å²) < 4.78 is 36.3. The molecule has 0 spiro atoms. The molecular formula is C9H14F3NS. The Morgan fingerprint density at radius 1 is 1.36 bits per heavy atom. The maximum Gasteiger partial charge on any atom is 0.405 e. The molecule has 0 bridgehead atoms. The zero-order valence-electron chi connectivity index (χ0n) is 8.27. The molecule has 0 aromatic rings. The molecule has 0 saturated carbocycles. The number of nitriles is 1. The molecule has 0 rings (SSSR count). The fourth-order valence-electron chi connectivity index (χ4n) is 0.710. The van der Waals surface area contributed by atoms with Gasteiger partial charge in [0, 0.05) is 5.75 Å². The third-order valence-corrected chi connectivity index (χ3v) is 3.31. The van der Waals surface area contributed by atoms with Crippen molar-refractivity contribution in [3.8, 4) is 6.07 Å². The first-order valence-electron chi connectivity index (χ1n) is 4.45. The van der Waals surface area contributed by atoms with Crippen molar-refractivity contribution in [3.63, 3.8) is 0 Å². The Balaban J connectivity index is 3.82. The lowest BCUT2D eigenvalue weighted by Crippen LogP contribution is -2.23. The van der Waals surface area contributed by atoms with Crippen molar-refractivity contribution in [1.82, 2.24) is 0 Å². The van der Waals surface area contributed by atoms with E-state index in [1.54, 1.807) is 0 Å². The fourth-order valence-corrected chi connectivity index (χ4v) is 1.98. The molecule has 0 aliphatic rings. The molecule has 2 unspecified atom stereocenters. The van der Waals surface area contributed by atoms with E-state index in [4.69, 9.17) is 5.26 Å². The SMILES string of the molecule is CCC(C)CSCC(C#N)C(F)(F)F. The van der Waals surface area contributed by atoms with Crippen LogP contribution in [0.5, 0.6) is 0 Å². The summed E-state index contributed by atoms with van der Waals surface area (Å²) in [5, 5.41) is 8.30. The van der Waals surface area contributed by atoms with Gasteiger partial charge in [0.1, 0.15) is 0 Å². The molecule has 14 heavy (non-hydrogen) atoms. The van der Waals surface area contributed by atoms with E-state index in [2.05, 4.69) is 0 Å². The fraction of sp³-hybridized carbons (Fsp3) is 0.889. The Bertz CT molecular complexity index is 197. The Hall–Kier alpha value is -0.370. The summed E-state index contributed by atoms with van der Waals surface area (Å²) in [6, 6.07) is 1.29. The summed E-state index contributed by atoms with van der Waals surface area (Å²) in [4.78, 5) is 0. The lowest BCUT2D eigenvalue weighted by Gasteiger charge is -2.13. The van der Waals surface area contributed by atoms with Crippen LogP contribution in [0.15, 0.2) is 0 Å². The number of thioether (sulfide) groups is 1. The van der Waals surface area contributed by atoms with Gasteiger partial charge in [-0.15, -0.1) is 0 Å². The van der Waals surface area contributed by atoms with Crippen LogP contribution in [0.1, 0.15) is 20.3 Å². The highest BCUT2D eigenvalue weighted by Gasteiger charge is 2.39. The average Bonchev–Trinajstić information content (AvgIpc) is 2.09. The zero-order valence-corrected chi connectivity index (χ0v) is 9.08. The van der Waals surface area contributed by atoms with Crippen LogP contribution in [-0.4, -0.2) is 17.7 Å². The summed E-state index contributed by atoms with van der Waals surface area (Å²) in [6.45, 7) is 3.98. The van der Waals surface area contributed by atoms with Crippen LogP contribution in [0.3, 0.4) is 0 Å². The van der Waals surface area contributed by atoms with E-state index in [9.17, 15) is 13.2 Å². The molecular weight excluding hydrogens is 211 g/mol. The van der Waals surface area contributed by atoms with E-state index >= 15 is 0 Å². The second-order valence-corrected chi connectivity index (χ2v) is 4.35. The minimum atomic E-state index is -4.38. The van der Waals surface area contributed by atoms with Crippen LogP contribution < -0.4 is 0 Å². The molecule has 1 nitrogen and oxygen atoms in total. The molecule has 0 N–H and O–H groups in total. The molecule has 82 valence electrons. The Kier molecular flexibility index (Phi) is 6.01. The largest absolute Gasteiger partial charge is 0.405 e. The van der Waals surface area contributed by atoms with Crippen molar-refractivity contribution < 1.29 is 13.2 Å². The number of halogens is 3. The van der Waals surface area contributed by atoms with Gasteiger partial charge in [0.15, 0.2) is 5.92 Å². The Morgan fingerprint density at radius 3 is 2.29 bits per heavy atom. The van der Waals surface area contributed by atoms with Crippen molar-refractivity contribution in [1.29, 1.82) is 5.26 Å². The van der Waals surface area contributed by atoms with Gasteiger partial charge in [-0.2, -0.15) is 30.2 Å². The molecule has 2 atom stereocenters. The minimum absolute atomic E-state index is 0.148. The van der Waals surface area contributed by atoms with Crippen LogP contribution in [0.4, 0.5) is 13.2 Å². The quantitative estimate of drug-likeness (QED) is 0.715. The predicted molar refractivity (Wildman–Crippen MR) is 51.9 cm³/mol. The Labute approximate surface area is 86.7 Å². The maximum atomic E-state index is 12.1. The first kappa shape index (κ1) is 13.6. The lowest BCUT2D eigenvalue weighted by molar-refractivity contribution is -0.152. The van der Waals surface area contributed by atoms with E-state index in [0.29, 0.717) is 11.7 Å². The van der Waals surface area contributed by atoms with E-state index in [-0.39, 0.29) is 5.75 Å². The van der Waals surface area contributed by atoms with Gasteiger partial charge in [-0.25, -0.2) is 0 Å². The van der Waals surface area contributed by atoms with Crippen LogP contribution in [-0.2, 0) is 0 Å². The van der Waals surface area contributed by atoms with Gasteiger partial charge in [0.25, 0.3) is 0 Å². The van der Waals surface area contributed by atoms with Crippen LogP contribution in [0.25, 0.3) is 0 Å². The summed E-state index contributed by atoms with van der Waals surface area (Å²) in [6.07, 6.45) is -3.42. The first-order valence-corrected chi connectivity index (χ1v) is 5.61. The number of hydrogen-bond acceptors (Lipinski definition) is 2. The highest BCUT2D eigenvalue weighted by Crippen LogP contribution is 2.29. The number of alkyl halides is 3. The molecule has 0 amide bonds. The van der Waals surface area contributed by atoms with Crippen molar-refractivity contribution in [2.24, 2.45) is 11.8 Å². The standard InChI is InChI=1S/C9H14F3NS/c1-3-7(2)5-14-6-8(4-13)9(10,11)12/h7-8H,3,5-6H2,1-2H3. The normalized spacial score (nSPS) is 16.0. The van der Waals surface area contributed by atoms with Crippen molar-refractivity contribution >= 4 is 11.8 Å². The van der Waals surface area contributed by atoms with Gasteiger partial charge >= 0.3 is 6.18 Å². The topological polar surface area (TPSA) is 23.8 Å². The van der Waals surface area contributed by atoms with Gasteiger partial charge in [-0.1, -0.05) is 20.3 Å². The molecule has 0 fully saturated rings. The summed E-state index contributed by atoms with van der Waals surface area (Å²) in [5.74, 6) is -0.876. The van der Waals surface area contributed by atoms with Crippen molar-refractivity contribution in [2.75, 3.05) is 11.5 Å². The van der Waals surface area contributed by atoms with Crippen LogP contribution in [0, 0.1) is 23.2 Å². The van der Waals surface area contributed by atoms with E-state index in [0.717, 1.165) is 6.42 Å². The molecule has 5 heteroatoms. The molecule has 0 aromatic carbocycles. The molecule has 0 heterocycles. The smallest absolute Gasteiger partial charge is 0.198 e. The number of hydrogen-bond donors (Lipinski definition) is 0. The highest BCUT2D eigenvalue weighted by atomic mass is 32.2. The van der Waals surface area contributed by atoms with Crippen LogP contribution >= 0.6 is 11.8 Å². The number of nitrogens with zero attached hydrogens (tertiary/aromatic N) is 1. The lowest BCUT2D eigenvalue weighted by atomic mass is 10.2. The summed E-state index contributed by atoms with van der Waals surface area (Å²) in [7, 11) is 0. The monoisotopic (exact) mass is 225 g/mol. The molecule has 0 radical (unpaired) electrons. The second-order valence-electron chi connectivity index (χ2n) is 3.27. The van der Waals surface area contributed by atoms with E-state index < -0.39 is 12.1 Å². The van der Waals surface area contributed by atoms with E-state index in [1.165, 1.54) is 17.8 Å². The van der Waals surface area contributed by atoms with Gasteiger partial charge in [0.2, 0.25) is 0 Å². The summed E-state index contributed by atoms with van der Waals surface area (Å²) >= 11 is 1.20. The summed E-state index contributed by atoms with van der Waals surface area (Å²) in [5.41, 5.74) is 0. The molecule has 0 saturated heterocycles. The zero-order chi connectivity index (χ0) is 11.2. The van der Waals surface area contributed by atoms with E-state index in [1.807, 2.05) is 13.8 Å². The molecule has 0 aliphatic heterocycles. The minimum Gasteiger partial charge on any atom is -0.198 e. The number of rotatable bonds is 5. The van der Waals surface area contributed by atoms with Crippen LogP contribution in [0.2, 0.25) is 0 Å². The third kappa shape index (κ3) is 5.38. The highest BCUT2D eigenvalue weighted by molar-refractivity contribution is 7.99. The van der Waals surface area contributed by atoms with Gasteiger partial charge in [-0.05, 0) is 11.7 Å².